The van der Waals surface area contributed by atoms with E-state index in [1.165, 1.54) is 6.07 Å². The standard InChI is InChI=1S/C15H13F2N5O2S/c1-2-9-6-12(23)19-14-20-21-15(22(9)14)25-7-13(24)18-11-4-3-8(16)5-10(11)17/h3-6H,2,7H2,1H3,(H,18,24)(H,19,20,23). The van der Waals surface area contributed by atoms with Gasteiger partial charge in [0, 0.05) is 17.8 Å². The molecule has 0 bridgehead atoms. The van der Waals surface area contributed by atoms with Crippen LogP contribution in [0.3, 0.4) is 0 Å². The van der Waals surface area contributed by atoms with Crippen molar-refractivity contribution in [2.45, 2.75) is 18.5 Å². The van der Waals surface area contributed by atoms with Crippen LogP contribution in [0.25, 0.3) is 5.78 Å². The zero-order valence-electron chi connectivity index (χ0n) is 13.0. The maximum absolute atomic E-state index is 13.5. The number of hydrogen-bond acceptors (Lipinski definition) is 5. The van der Waals surface area contributed by atoms with Crippen molar-refractivity contribution in [1.82, 2.24) is 19.6 Å². The molecule has 25 heavy (non-hydrogen) atoms. The van der Waals surface area contributed by atoms with E-state index in [4.69, 9.17) is 0 Å². The molecule has 0 aliphatic heterocycles. The Kier molecular flexibility index (Phi) is 4.79. The van der Waals surface area contributed by atoms with E-state index in [0.29, 0.717) is 23.3 Å². The first-order valence-corrected chi connectivity index (χ1v) is 8.31. The highest BCUT2D eigenvalue weighted by atomic mass is 32.2. The van der Waals surface area contributed by atoms with E-state index in [1.54, 1.807) is 4.40 Å². The average molecular weight is 365 g/mol. The number of aromatic nitrogens is 4. The fourth-order valence-electron chi connectivity index (χ4n) is 2.23. The highest BCUT2D eigenvalue weighted by molar-refractivity contribution is 7.99. The van der Waals surface area contributed by atoms with E-state index >= 15 is 0 Å². The van der Waals surface area contributed by atoms with Gasteiger partial charge in [-0.3, -0.25) is 19.0 Å². The van der Waals surface area contributed by atoms with E-state index in [0.717, 1.165) is 23.9 Å². The molecule has 0 spiro atoms. The van der Waals surface area contributed by atoms with Gasteiger partial charge in [-0.05, 0) is 18.6 Å². The number of aromatic amines is 1. The molecule has 3 rings (SSSR count). The van der Waals surface area contributed by atoms with E-state index in [-0.39, 0.29) is 22.8 Å². The second-order valence-corrected chi connectivity index (χ2v) is 6.02. The largest absolute Gasteiger partial charge is 0.323 e. The van der Waals surface area contributed by atoms with Crippen molar-refractivity contribution >= 4 is 29.1 Å². The van der Waals surface area contributed by atoms with Crippen molar-refractivity contribution < 1.29 is 13.6 Å². The molecular formula is C15H13F2N5O2S. The highest BCUT2D eigenvalue weighted by Gasteiger charge is 2.14. The number of amides is 1. The molecule has 0 aliphatic rings. The summed E-state index contributed by atoms with van der Waals surface area (Å²) in [4.78, 5) is 26.1. The minimum atomic E-state index is -0.850. The second kappa shape index (κ2) is 7.01. The van der Waals surface area contributed by atoms with Crippen LogP contribution < -0.4 is 10.9 Å². The molecule has 0 fully saturated rings. The van der Waals surface area contributed by atoms with Crippen molar-refractivity contribution in [3.05, 3.63) is 51.9 Å². The van der Waals surface area contributed by atoms with Gasteiger partial charge in [0.1, 0.15) is 11.6 Å². The fourth-order valence-corrected chi connectivity index (χ4v) is 3.00. The van der Waals surface area contributed by atoms with Gasteiger partial charge in [0.15, 0.2) is 5.16 Å². The average Bonchev–Trinajstić information content (AvgIpc) is 2.97. The van der Waals surface area contributed by atoms with Crippen LogP contribution in [0.15, 0.2) is 34.2 Å². The van der Waals surface area contributed by atoms with Gasteiger partial charge in [-0.2, -0.15) is 0 Å². The lowest BCUT2D eigenvalue weighted by Crippen LogP contribution is -2.16. The van der Waals surface area contributed by atoms with Crippen LogP contribution in [0, 0.1) is 11.6 Å². The molecule has 2 N–H and O–H groups in total. The summed E-state index contributed by atoms with van der Waals surface area (Å²) in [7, 11) is 0. The Balaban J connectivity index is 1.74. The Morgan fingerprint density at radius 1 is 1.32 bits per heavy atom. The Bertz CT molecular complexity index is 1000. The molecule has 0 radical (unpaired) electrons. The summed E-state index contributed by atoms with van der Waals surface area (Å²) in [5.41, 5.74) is 0.325. The Morgan fingerprint density at radius 3 is 2.84 bits per heavy atom. The number of halogens is 2. The molecule has 10 heteroatoms. The number of thioether (sulfide) groups is 1. The molecule has 2 heterocycles. The number of rotatable bonds is 5. The van der Waals surface area contributed by atoms with Crippen LogP contribution in [-0.2, 0) is 11.2 Å². The molecule has 7 nitrogen and oxygen atoms in total. The molecule has 0 saturated carbocycles. The van der Waals surface area contributed by atoms with Gasteiger partial charge in [-0.15, -0.1) is 10.2 Å². The number of hydrogen-bond donors (Lipinski definition) is 2. The normalized spacial score (nSPS) is 11.0. The van der Waals surface area contributed by atoms with E-state index in [9.17, 15) is 18.4 Å². The highest BCUT2D eigenvalue weighted by Crippen LogP contribution is 2.19. The van der Waals surface area contributed by atoms with Crippen LogP contribution in [-0.4, -0.2) is 31.2 Å². The number of aryl methyl sites for hydroxylation is 1. The van der Waals surface area contributed by atoms with Gasteiger partial charge < -0.3 is 5.32 Å². The second-order valence-electron chi connectivity index (χ2n) is 5.08. The fraction of sp³-hybridized carbons (Fsp3) is 0.200. The molecular weight excluding hydrogens is 352 g/mol. The molecule has 0 atom stereocenters. The van der Waals surface area contributed by atoms with E-state index < -0.39 is 17.5 Å². The van der Waals surface area contributed by atoms with Crippen molar-refractivity contribution in [3.63, 3.8) is 0 Å². The number of nitrogens with zero attached hydrogens (tertiary/aromatic N) is 3. The molecule has 0 aliphatic carbocycles. The number of benzene rings is 1. The topological polar surface area (TPSA) is 92.2 Å². The smallest absolute Gasteiger partial charge is 0.252 e. The minimum Gasteiger partial charge on any atom is -0.323 e. The number of H-pyrrole nitrogens is 1. The minimum absolute atomic E-state index is 0.0557. The molecule has 1 amide bonds. The molecule has 130 valence electrons. The summed E-state index contributed by atoms with van der Waals surface area (Å²) in [5, 5.41) is 10.6. The van der Waals surface area contributed by atoms with Crippen molar-refractivity contribution in [3.8, 4) is 0 Å². The predicted molar refractivity (Wildman–Crippen MR) is 88.7 cm³/mol. The van der Waals surface area contributed by atoms with E-state index in [2.05, 4.69) is 20.5 Å². The van der Waals surface area contributed by atoms with Crippen LogP contribution in [0.5, 0.6) is 0 Å². The van der Waals surface area contributed by atoms with Gasteiger partial charge in [0.2, 0.25) is 11.7 Å². The molecule has 0 saturated heterocycles. The number of carbonyl (C=O) groups is 1. The van der Waals surface area contributed by atoms with Crippen molar-refractivity contribution in [1.29, 1.82) is 0 Å². The summed E-state index contributed by atoms with van der Waals surface area (Å²) in [6.07, 6.45) is 0.582. The summed E-state index contributed by atoms with van der Waals surface area (Å²) < 4.78 is 28.1. The predicted octanol–water partition coefficient (Wildman–Crippen LogP) is 1.99. The lowest BCUT2D eigenvalue weighted by molar-refractivity contribution is -0.113. The maximum Gasteiger partial charge on any atom is 0.252 e. The third-order valence-corrected chi connectivity index (χ3v) is 4.28. The number of nitrogens with one attached hydrogen (secondary N) is 2. The maximum atomic E-state index is 13.5. The Hall–Kier alpha value is -2.75. The van der Waals surface area contributed by atoms with Gasteiger partial charge in [0.25, 0.3) is 5.56 Å². The molecule has 3 aromatic rings. The van der Waals surface area contributed by atoms with Crippen LogP contribution >= 0.6 is 11.8 Å². The van der Waals surface area contributed by atoms with Crippen molar-refractivity contribution in [2.24, 2.45) is 0 Å². The Labute approximate surface area is 144 Å². The third kappa shape index (κ3) is 3.68. The summed E-state index contributed by atoms with van der Waals surface area (Å²) in [6.45, 7) is 1.88. The molecule has 0 unspecified atom stereocenters. The third-order valence-electron chi connectivity index (χ3n) is 3.35. The van der Waals surface area contributed by atoms with Crippen LogP contribution in [0.4, 0.5) is 14.5 Å². The van der Waals surface area contributed by atoms with Gasteiger partial charge >= 0.3 is 0 Å². The van der Waals surface area contributed by atoms with Gasteiger partial charge in [0.05, 0.1) is 11.4 Å². The first-order chi connectivity index (χ1) is 12.0. The quantitative estimate of drug-likeness (QED) is 0.675. The summed E-state index contributed by atoms with van der Waals surface area (Å²) in [6, 6.07) is 4.34. The molecule has 1 aromatic carbocycles. The van der Waals surface area contributed by atoms with Crippen LogP contribution in [0.1, 0.15) is 12.6 Å². The Morgan fingerprint density at radius 2 is 2.12 bits per heavy atom. The van der Waals surface area contributed by atoms with Crippen molar-refractivity contribution in [2.75, 3.05) is 11.1 Å². The van der Waals surface area contributed by atoms with Crippen LogP contribution in [0.2, 0.25) is 0 Å². The lowest BCUT2D eigenvalue weighted by atomic mass is 10.3. The molecule has 2 aromatic heterocycles. The monoisotopic (exact) mass is 365 g/mol. The number of carbonyl (C=O) groups excluding carboxylic acids is 1. The van der Waals surface area contributed by atoms with E-state index in [1.807, 2.05) is 6.92 Å². The number of fused-ring (bicyclic) bond motifs is 1. The SMILES string of the molecule is CCc1cc(=O)[nH]c2nnc(SCC(=O)Nc3ccc(F)cc3F)n12. The summed E-state index contributed by atoms with van der Waals surface area (Å²) >= 11 is 1.09. The number of anilines is 1. The summed E-state index contributed by atoms with van der Waals surface area (Å²) in [5.74, 6) is -1.82. The zero-order valence-corrected chi connectivity index (χ0v) is 13.9. The lowest BCUT2D eigenvalue weighted by Gasteiger charge is -2.07. The first-order valence-electron chi connectivity index (χ1n) is 7.33. The first kappa shape index (κ1) is 17.1. The zero-order chi connectivity index (χ0) is 18.0. The van der Waals surface area contributed by atoms with Gasteiger partial charge in [-0.25, -0.2) is 8.78 Å². The van der Waals surface area contributed by atoms with Gasteiger partial charge in [-0.1, -0.05) is 18.7 Å².